The van der Waals surface area contributed by atoms with Crippen molar-refractivity contribution >= 4 is 51.6 Å². The van der Waals surface area contributed by atoms with Crippen LogP contribution >= 0.6 is 34.4 Å². The zero-order valence-corrected chi connectivity index (χ0v) is 16.8. The van der Waals surface area contributed by atoms with Gasteiger partial charge < -0.3 is 4.74 Å². The lowest BCUT2D eigenvalue weighted by atomic mass is 10.2. The van der Waals surface area contributed by atoms with Gasteiger partial charge in [0.25, 0.3) is 11.1 Å². The standard InChI is InChI=1S/C19H15FINO3S/c1-2-22-18(23)17(26-19(22)24)10-13-5-8-16(15(21)9-13)25-11-12-3-6-14(20)7-4-12/h3-10H,2,11H2,1H3/b17-10+. The van der Waals surface area contributed by atoms with Gasteiger partial charge in [0.05, 0.1) is 8.48 Å². The lowest BCUT2D eigenvalue weighted by Crippen LogP contribution is -2.27. The molecule has 0 N–H and O–H groups in total. The second-order valence-corrected chi connectivity index (χ2v) is 7.69. The molecule has 0 radical (unpaired) electrons. The van der Waals surface area contributed by atoms with Crippen molar-refractivity contribution in [3.05, 3.63) is 67.9 Å². The summed E-state index contributed by atoms with van der Waals surface area (Å²) in [6.45, 7) is 2.48. The summed E-state index contributed by atoms with van der Waals surface area (Å²) >= 11 is 3.11. The molecule has 0 spiro atoms. The monoisotopic (exact) mass is 483 g/mol. The van der Waals surface area contributed by atoms with Crippen molar-refractivity contribution in [3.8, 4) is 5.75 Å². The fraction of sp³-hybridized carbons (Fsp3) is 0.158. The van der Waals surface area contributed by atoms with Crippen molar-refractivity contribution in [1.29, 1.82) is 0 Å². The maximum absolute atomic E-state index is 12.9. The maximum atomic E-state index is 12.9. The molecule has 0 saturated carbocycles. The van der Waals surface area contributed by atoms with Crippen LogP contribution in [0.4, 0.5) is 9.18 Å². The Morgan fingerprint density at radius 1 is 1.19 bits per heavy atom. The van der Waals surface area contributed by atoms with Crippen LogP contribution in [0.3, 0.4) is 0 Å². The van der Waals surface area contributed by atoms with E-state index in [9.17, 15) is 14.0 Å². The third kappa shape index (κ3) is 4.27. The molecule has 1 aliphatic heterocycles. The Kier molecular flexibility index (Phi) is 5.98. The minimum absolute atomic E-state index is 0.238. The van der Waals surface area contributed by atoms with Crippen molar-refractivity contribution in [3.63, 3.8) is 0 Å². The zero-order chi connectivity index (χ0) is 18.7. The van der Waals surface area contributed by atoms with Gasteiger partial charge in [0.15, 0.2) is 0 Å². The smallest absolute Gasteiger partial charge is 0.293 e. The molecule has 26 heavy (non-hydrogen) atoms. The Morgan fingerprint density at radius 2 is 1.92 bits per heavy atom. The molecule has 4 nitrogen and oxygen atoms in total. The van der Waals surface area contributed by atoms with Crippen LogP contribution in [0.1, 0.15) is 18.1 Å². The van der Waals surface area contributed by atoms with Gasteiger partial charge in [-0.1, -0.05) is 18.2 Å². The molecule has 2 amide bonds. The van der Waals surface area contributed by atoms with Gasteiger partial charge in [-0.25, -0.2) is 4.39 Å². The van der Waals surface area contributed by atoms with E-state index in [-0.39, 0.29) is 17.0 Å². The van der Waals surface area contributed by atoms with E-state index >= 15 is 0 Å². The van der Waals surface area contributed by atoms with E-state index in [4.69, 9.17) is 4.74 Å². The van der Waals surface area contributed by atoms with Crippen LogP contribution in [0.15, 0.2) is 47.4 Å². The molecule has 1 aliphatic rings. The highest BCUT2D eigenvalue weighted by Gasteiger charge is 2.33. The summed E-state index contributed by atoms with van der Waals surface area (Å²) in [5.74, 6) is 0.169. The van der Waals surface area contributed by atoms with E-state index in [1.807, 2.05) is 18.2 Å². The Labute approximate surface area is 168 Å². The van der Waals surface area contributed by atoms with Gasteiger partial charge in [-0.05, 0) is 82.7 Å². The van der Waals surface area contributed by atoms with Crippen molar-refractivity contribution in [2.24, 2.45) is 0 Å². The molecule has 0 aliphatic carbocycles. The molecule has 2 aromatic carbocycles. The number of imide groups is 1. The van der Waals surface area contributed by atoms with Crippen molar-refractivity contribution < 1.29 is 18.7 Å². The van der Waals surface area contributed by atoms with Crippen molar-refractivity contribution in [2.75, 3.05) is 6.54 Å². The molecule has 3 rings (SSSR count). The summed E-state index contributed by atoms with van der Waals surface area (Å²) in [5.41, 5.74) is 1.70. The average molecular weight is 483 g/mol. The Hall–Kier alpha value is -1.87. The van der Waals surface area contributed by atoms with Crippen LogP contribution in [-0.2, 0) is 11.4 Å². The average Bonchev–Trinajstić information content (AvgIpc) is 2.88. The number of carbonyl (C=O) groups is 2. The van der Waals surface area contributed by atoms with Gasteiger partial charge in [0.2, 0.25) is 0 Å². The fourth-order valence-corrected chi connectivity index (χ4v) is 3.99. The Bertz CT molecular complexity index is 883. The normalized spacial score (nSPS) is 15.8. The number of benzene rings is 2. The first-order valence-corrected chi connectivity index (χ1v) is 9.79. The summed E-state index contributed by atoms with van der Waals surface area (Å²) in [6.07, 6.45) is 1.71. The third-order valence-corrected chi connectivity index (χ3v) is 5.50. The second-order valence-electron chi connectivity index (χ2n) is 5.53. The molecule has 134 valence electrons. The van der Waals surface area contributed by atoms with Gasteiger partial charge in [-0.2, -0.15) is 0 Å². The van der Waals surface area contributed by atoms with Gasteiger partial charge in [-0.3, -0.25) is 14.5 Å². The fourth-order valence-electron chi connectivity index (χ4n) is 2.39. The number of rotatable bonds is 5. The number of carbonyl (C=O) groups excluding carboxylic acids is 2. The van der Waals surface area contributed by atoms with Crippen molar-refractivity contribution in [2.45, 2.75) is 13.5 Å². The second kappa shape index (κ2) is 8.22. The van der Waals surface area contributed by atoms with E-state index in [1.54, 1.807) is 25.1 Å². The molecule has 1 saturated heterocycles. The predicted molar refractivity (Wildman–Crippen MR) is 108 cm³/mol. The lowest BCUT2D eigenvalue weighted by molar-refractivity contribution is -0.122. The number of thioether (sulfide) groups is 1. The number of amides is 2. The molecular weight excluding hydrogens is 468 g/mol. The van der Waals surface area contributed by atoms with Crippen LogP contribution in [0.25, 0.3) is 6.08 Å². The zero-order valence-electron chi connectivity index (χ0n) is 13.9. The van der Waals surface area contributed by atoms with Gasteiger partial charge >= 0.3 is 0 Å². The first-order valence-electron chi connectivity index (χ1n) is 7.90. The molecular formula is C19H15FINO3S. The number of hydrogen-bond acceptors (Lipinski definition) is 4. The first-order chi connectivity index (χ1) is 12.5. The van der Waals surface area contributed by atoms with Crippen molar-refractivity contribution in [1.82, 2.24) is 4.90 Å². The lowest BCUT2D eigenvalue weighted by Gasteiger charge is -2.09. The summed E-state index contributed by atoms with van der Waals surface area (Å²) in [6, 6.07) is 11.7. The van der Waals surface area contributed by atoms with Gasteiger partial charge in [0, 0.05) is 6.54 Å². The Balaban J connectivity index is 1.71. The quantitative estimate of drug-likeness (QED) is 0.441. The molecule has 0 bridgehead atoms. The van der Waals surface area contributed by atoms with Crippen LogP contribution in [0, 0.1) is 9.39 Å². The number of hydrogen-bond donors (Lipinski definition) is 0. The Morgan fingerprint density at radius 3 is 2.54 bits per heavy atom. The molecule has 2 aromatic rings. The van der Waals surface area contributed by atoms with Crippen LogP contribution in [0.5, 0.6) is 5.75 Å². The van der Waals surface area contributed by atoms with Crippen LogP contribution in [-0.4, -0.2) is 22.6 Å². The van der Waals surface area contributed by atoms with E-state index in [1.165, 1.54) is 17.0 Å². The van der Waals surface area contributed by atoms with Crippen LogP contribution in [0.2, 0.25) is 0 Å². The number of halogens is 2. The van der Waals surface area contributed by atoms with E-state index in [2.05, 4.69) is 22.6 Å². The van der Waals surface area contributed by atoms with Gasteiger partial charge in [0.1, 0.15) is 18.2 Å². The highest BCUT2D eigenvalue weighted by Crippen LogP contribution is 2.33. The minimum Gasteiger partial charge on any atom is -0.488 e. The van der Waals surface area contributed by atoms with E-state index in [0.717, 1.165) is 26.5 Å². The first kappa shape index (κ1) is 18.9. The SMILES string of the molecule is CCN1C(=O)S/C(=C/c2ccc(OCc3ccc(F)cc3)c(I)c2)C1=O. The number of nitrogens with zero attached hydrogens (tertiary/aromatic N) is 1. The molecule has 0 atom stereocenters. The molecule has 0 aromatic heterocycles. The van der Waals surface area contributed by atoms with Gasteiger partial charge in [-0.15, -0.1) is 0 Å². The molecule has 7 heteroatoms. The highest BCUT2D eigenvalue weighted by molar-refractivity contribution is 14.1. The van der Waals surface area contributed by atoms with E-state index in [0.29, 0.717) is 23.8 Å². The third-order valence-electron chi connectivity index (χ3n) is 3.75. The summed E-state index contributed by atoms with van der Waals surface area (Å²) < 4.78 is 19.6. The predicted octanol–water partition coefficient (Wildman–Crippen LogP) is 5.07. The number of likely N-dealkylation sites (N-methyl/N-ethyl adjacent to an activating group) is 1. The topological polar surface area (TPSA) is 46.6 Å². The molecule has 1 fully saturated rings. The number of ether oxygens (including phenoxy) is 1. The summed E-state index contributed by atoms with van der Waals surface area (Å²) in [7, 11) is 0. The van der Waals surface area contributed by atoms with E-state index < -0.39 is 0 Å². The minimum atomic E-state index is -0.278. The largest absolute Gasteiger partial charge is 0.488 e. The maximum Gasteiger partial charge on any atom is 0.293 e. The van der Waals surface area contributed by atoms with Crippen LogP contribution < -0.4 is 4.74 Å². The molecule has 0 unspecified atom stereocenters. The summed E-state index contributed by atoms with van der Waals surface area (Å²) in [4.78, 5) is 25.6. The highest BCUT2D eigenvalue weighted by atomic mass is 127. The molecule has 1 heterocycles. The summed E-state index contributed by atoms with van der Waals surface area (Å²) in [5, 5.41) is -0.238.